The van der Waals surface area contributed by atoms with E-state index in [2.05, 4.69) is 24.4 Å². The van der Waals surface area contributed by atoms with Crippen LogP contribution in [0.5, 0.6) is 0 Å². The van der Waals surface area contributed by atoms with E-state index in [1.54, 1.807) is 12.1 Å². The molecule has 0 aliphatic rings. The van der Waals surface area contributed by atoms with Gasteiger partial charge in [0.25, 0.3) is 5.91 Å². The fourth-order valence-electron chi connectivity index (χ4n) is 1.86. The van der Waals surface area contributed by atoms with Gasteiger partial charge >= 0.3 is 0 Å². The van der Waals surface area contributed by atoms with E-state index in [0.717, 1.165) is 12.8 Å². The van der Waals surface area contributed by atoms with Crippen molar-refractivity contribution in [2.45, 2.75) is 25.8 Å². The van der Waals surface area contributed by atoms with E-state index in [1.807, 2.05) is 18.2 Å². The predicted molar refractivity (Wildman–Crippen MR) is 70.4 cm³/mol. The molecule has 1 atom stereocenters. The van der Waals surface area contributed by atoms with Crippen molar-refractivity contribution in [2.75, 3.05) is 0 Å². The number of benzene rings is 1. The van der Waals surface area contributed by atoms with Crippen LogP contribution in [0.25, 0.3) is 0 Å². The lowest BCUT2D eigenvalue weighted by Crippen LogP contribution is -2.35. The van der Waals surface area contributed by atoms with Gasteiger partial charge in [0.2, 0.25) is 0 Å². The lowest BCUT2D eigenvalue weighted by Gasteiger charge is -2.16. The number of amides is 1. The molecule has 1 aromatic heterocycles. The van der Waals surface area contributed by atoms with Gasteiger partial charge in [-0.05, 0) is 30.5 Å². The number of furan rings is 1. The van der Waals surface area contributed by atoms with Crippen molar-refractivity contribution in [1.82, 2.24) is 5.32 Å². The SMILES string of the molecule is CCC(Cc1ccccc1)NC(=O)c1ccco1. The summed E-state index contributed by atoms with van der Waals surface area (Å²) in [5.74, 6) is 0.212. The molecule has 0 aliphatic heterocycles. The molecule has 0 spiro atoms. The van der Waals surface area contributed by atoms with E-state index < -0.39 is 0 Å². The second-order valence-corrected chi connectivity index (χ2v) is 4.25. The lowest BCUT2D eigenvalue weighted by atomic mass is 10.0. The van der Waals surface area contributed by atoms with E-state index in [1.165, 1.54) is 11.8 Å². The Morgan fingerprint density at radius 1 is 1.22 bits per heavy atom. The van der Waals surface area contributed by atoms with Gasteiger partial charge < -0.3 is 9.73 Å². The minimum absolute atomic E-state index is 0.130. The van der Waals surface area contributed by atoms with Crippen molar-refractivity contribution in [3.63, 3.8) is 0 Å². The van der Waals surface area contributed by atoms with Crippen molar-refractivity contribution in [2.24, 2.45) is 0 Å². The monoisotopic (exact) mass is 243 g/mol. The summed E-state index contributed by atoms with van der Waals surface area (Å²) in [5, 5.41) is 2.98. The largest absolute Gasteiger partial charge is 0.459 e. The molecule has 2 aromatic rings. The number of carbonyl (C=O) groups is 1. The Balaban J connectivity index is 1.96. The Kier molecular flexibility index (Phi) is 4.18. The first-order chi connectivity index (χ1) is 8.79. The molecule has 1 amide bonds. The first-order valence-corrected chi connectivity index (χ1v) is 6.18. The van der Waals surface area contributed by atoms with Crippen LogP contribution in [-0.4, -0.2) is 11.9 Å². The first kappa shape index (κ1) is 12.4. The molecule has 0 bridgehead atoms. The Morgan fingerprint density at radius 2 is 2.00 bits per heavy atom. The summed E-state index contributed by atoms with van der Waals surface area (Å²) in [7, 11) is 0. The van der Waals surface area contributed by atoms with Gasteiger partial charge in [-0.25, -0.2) is 0 Å². The van der Waals surface area contributed by atoms with Crippen molar-refractivity contribution < 1.29 is 9.21 Å². The number of hydrogen-bond donors (Lipinski definition) is 1. The second-order valence-electron chi connectivity index (χ2n) is 4.25. The summed E-state index contributed by atoms with van der Waals surface area (Å²) in [6, 6.07) is 13.7. The van der Waals surface area contributed by atoms with Crippen molar-refractivity contribution in [3.05, 3.63) is 60.1 Å². The Bertz CT molecular complexity index is 476. The zero-order valence-corrected chi connectivity index (χ0v) is 10.4. The third-order valence-electron chi connectivity index (χ3n) is 2.90. The molecule has 1 heterocycles. The lowest BCUT2D eigenvalue weighted by molar-refractivity contribution is 0.0907. The Morgan fingerprint density at radius 3 is 2.61 bits per heavy atom. The van der Waals surface area contributed by atoms with E-state index in [4.69, 9.17) is 4.42 Å². The highest BCUT2D eigenvalue weighted by molar-refractivity contribution is 5.91. The quantitative estimate of drug-likeness (QED) is 0.877. The van der Waals surface area contributed by atoms with E-state index in [-0.39, 0.29) is 11.9 Å². The standard InChI is InChI=1S/C15H17NO2/c1-2-13(11-12-7-4-3-5-8-12)16-15(17)14-9-6-10-18-14/h3-10,13H,2,11H2,1H3,(H,16,17). The molecule has 1 aromatic carbocycles. The molecule has 2 rings (SSSR count). The first-order valence-electron chi connectivity index (χ1n) is 6.18. The summed E-state index contributed by atoms with van der Waals surface area (Å²) in [5.41, 5.74) is 1.23. The highest BCUT2D eigenvalue weighted by Crippen LogP contribution is 2.07. The van der Waals surface area contributed by atoms with Gasteiger partial charge in [0.05, 0.1) is 6.26 Å². The fraction of sp³-hybridized carbons (Fsp3) is 0.267. The summed E-state index contributed by atoms with van der Waals surface area (Å²) in [6.07, 6.45) is 3.23. The molecule has 0 saturated heterocycles. The third-order valence-corrected chi connectivity index (χ3v) is 2.90. The van der Waals surface area contributed by atoms with E-state index >= 15 is 0 Å². The van der Waals surface area contributed by atoms with Crippen LogP contribution in [0, 0.1) is 0 Å². The van der Waals surface area contributed by atoms with Crippen LogP contribution in [0.2, 0.25) is 0 Å². The van der Waals surface area contributed by atoms with E-state index in [0.29, 0.717) is 5.76 Å². The summed E-state index contributed by atoms with van der Waals surface area (Å²) in [6.45, 7) is 2.07. The van der Waals surface area contributed by atoms with Crippen molar-refractivity contribution in [3.8, 4) is 0 Å². The molecule has 3 nitrogen and oxygen atoms in total. The molecular formula is C15H17NO2. The van der Waals surface area contributed by atoms with E-state index in [9.17, 15) is 4.79 Å². The van der Waals surface area contributed by atoms with Crippen LogP contribution < -0.4 is 5.32 Å². The van der Waals surface area contributed by atoms with Crippen LogP contribution in [0.15, 0.2) is 53.1 Å². The molecule has 18 heavy (non-hydrogen) atoms. The minimum atomic E-state index is -0.150. The summed E-state index contributed by atoms with van der Waals surface area (Å²) < 4.78 is 5.08. The fourth-order valence-corrected chi connectivity index (χ4v) is 1.86. The molecule has 1 N–H and O–H groups in total. The number of rotatable bonds is 5. The van der Waals surface area contributed by atoms with Gasteiger partial charge in [0, 0.05) is 6.04 Å². The molecule has 0 saturated carbocycles. The van der Waals surface area contributed by atoms with Gasteiger partial charge in [-0.2, -0.15) is 0 Å². The maximum atomic E-state index is 11.9. The van der Waals surface area contributed by atoms with Crippen LogP contribution in [0.3, 0.4) is 0 Å². The maximum Gasteiger partial charge on any atom is 0.287 e. The van der Waals surface area contributed by atoms with Crippen LogP contribution >= 0.6 is 0 Å². The van der Waals surface area contributed by atoms with Crippen LogP contribution in [0.4, 0.5) is 0 Å². The molecule has 0 fully saturated rings. The van der Waals surface area contributed by atoms with Gasteiger partial charge in [0.15, 0.2) is 5.76 Å². The number of nitrogens with one attached hydrogen (secondary N) is 1. The minimum Gasteiger partial charge on any atom is -0.459 e. The molecular weight excluding hydrogens is 226 g/mol. The topological polar surface area (TPSA) is 42.2 Å². The molecule has 1 unspecified atom stereocenters. The number of hydrogen-bond acceptors (Lipinski definition) is 2. The average Bonchev–Trinajstić information content (AvgIpc) is 2.93. The molecule has 0 radical (unpaired) electrons. The molecule has 94 valence electrons. The van der Waals surface area contributed by atoms with Gasteiger partial charge in [-0.1, -0.05) is 37.3 Å². The third kappa shape index (κ3) is 3.23. The predicted octanol–water partition coefficient (Wildman–Crippen LogP) is 3.03. The smallest absolute Gasteiger partial charge is 0.287 e. The zero-order chi connectivity index (χ0) is 12.8. The van der Waals surface area contributed by atoms with Crippen LogP contribution in [-0.2, 0) is 6.42 Å². The Labute approximate surface area is 107 Å². The zero-order valence-electron chi connectivity index (χ0n) is 10.4. The highest BCUT2D eigenvalue weighted by Gasteiger charge is 2.14. The van der Waals surface area contributed by atoms with Crippen molar-refractivity contribution in [1.29, 1.82) is 0 Å². The normalized spacial score (nSPS) is 12.1. The highest BCUT2D eigenvalue weighted by atomic mass is 16.3. The summed E-state index contributed by atoms with van der Waals surface area (Å²) >= 11 is 0. The van der Waals surface area contributed by atoms with Crippen molar-refractivity contribution >= 4 is 5.91 Å². The molecule has 3 heteroatoms. The molecule has 0 aliphatic carbocycles. The van der Waals surface area contributed by atoms with Gasteiger partial charge in [-0.15, -0.1) is 0 Å². The second kappa shape index (κ2) is 6.05. The maximum absolute atomic E-state index is 11.9. The Hall–Kier alpha value is -2.03. The van der Waals surface area contributed by atoms with Gasteiger partial charge in [0.1, 0.15) is 0 Å². The average molecular weight is 243 g/mol. The number of carbonyl (C=O) groups excluding carboxylic acids is 1. The van der Waals surface area contributed by atoms with Gasteiger partial charge in [-0.3, -0.25) is 4.79 Å². The van der Waals surface area contributed by atoms with Crippen LogP contribution in [0.1, 0.15) is 29.5 Å². The summed E-state index contributed by atoms with van der Waals surface area (Å²) in [4.78, 5) is 11.9.